The van der Waals surface area contributed by atoms with Gasteiger partial charge in [-0.05, 0) is 58.5 Å². The molecule has 13 heteroatoms. The van der Waals surface area contributed by atoms with Crippen molar-refractivity contribution >= 4 is 41.1 Å². The second-order valence-corrected chi connectivity index (χ2v) is 12.8. The standard InChI is InChI=1S/C30H38N10O3/c1-19-17-42-28(41)39(19)23-7-6-8-24(33-23)40-21-15-29(2,3)43-18-30(21,4)20-16-31-27(34-26(20)40)32-22-9-10-25(36-35-22)38-13-11-37(5)12-14-38/h6-10,16,19,21H,11-15,17-18H2,1-5H3,(H,31,32,34,35)/t19-,21-,30-/m0/s1. The van der Waals surface area contributed by atoms with Crippen molar-refractivity contribution in [2.24, 2.45) is 0 Å². The maximum absolute atomic E-state index is 12.5. The summed E-state index contributed by atoms with van der Waals surface area (Å²) in [6.45, 7) is 13.1. The number of carbonyl (C=O) groups excluding carboxylic acids is 1. The molecule has 226 valence electrons. The van der Waals surface area contributed by atoms with Crippen LogP contribution in [0.25, 0.3) is 0 Å². The van der Waals surface area contributed by atoms with Gasteiger partial charge >= 0.3 is 6.09 Å². The van der Waals surface area contributed by atoms with Crippen molar-refractivity contribution in [1.82, 2.24) is 30.0 Å². The molecule has 1 N–H and O–H groups in total. The number of amides is 1. The smallest absolute Gasteiger partial charge is 0.415 e. The van der Waals surface area contributed by atoms with E-state index in [9.17, 15) is 4.79 Å². The van der Waals surface area contributed by atoms with Crippen molar-refractivity contribution < 1.29 is 14.3 Å². The van der Waals surface area contributed by atoms with Crippen LogP contribution in [0.15, 0.2) is 36.5 Å². The predicted molar refractivity (Wildman–Crippen MR) is 163 cm³/mol. The normalized spacial score (nSPS) is 26.7. The number of ether oxygens (including phenoxy) is 2. The molecule has 0 aliphatic carbocycles. The predicted octanol–water partition coefficient (Wildman–Crippen LogP) is 3.48. The van der Waals surface area contributed by atoms with Crippen LogP contribution >= 0.6 is 0 Å². The van der Waals surface area contributed by atoms with Gasteiger partial charge in [-0.1, -0.05) is 13.0 Å². The number of hydrogen-bond donors (Lipinski definition) is 1. The van der Waals surface area contributed by atoms with Crippen molar-refractivity contribution in [3.8, 4) is 0 Å². The molecule has 3 saturated heterocycles. The molecular weight excluding hydrogens is 548 g/mol. The molecule has 3 aromatic rings. The van der Waals surface area contributed by atoms with Gasteiger partial charge in [0, 0.05) is 43.4 Å². The number of likely N-dealkylation sites (N-methyl/N-ethyl adjacent to an activating group) is 1. The Hall–Kier alpha value is -4.10. The highest BCUT2D eigenvalue weighted by Gasteiger charge is 2.55. The highest BCUT2D eigenvalue weighted by Crippen LogP contribution is 2.53. The number of cyclic esters (lactones) is 1. The SMILES string of the molecule is C[C@H]1COC(=O)N1c1cccc(N2c3nc(Nc4ccc(N5CCN(C)CC5)nn4)ncc3[C@]3(C)COC(C)(C)C[C@H]23)n1. The molecule has 43 heavy (non-hydrogen) atoms. The highest BCUT2D eigenvalue weighted by molar-refractivity contribution is 5.89. The third kappa shape index (κ3) is 4.89. The molecule has 13 nitrogen and oxygen atoms in total. The van der Waals surface area contributed by atoms with Gasteiger partial charge in [-0.25, -0.2) is 14.8 Å². The molecule has 4 aliphatic heterocycles. The molecule has 3 aromatic heterocycles. The van der Waals surface area contributed by atoms with E-state index in [0.717, 1.165) is 49.8 Å². The molecule has 0 bridgehead atoms. The van der Waals surface area contributed by atoms with Crippen molar-refractivity contribution in [2.75, 3.05) is 66.5 Å². The Morgan fingerprint density at radius 1 is 0.953 bits per heavy atom. The van der Waals surface area contributed by atoms with Gasteiger partial charge in [0.25, 0.3) is 0 Å². The van der Waals surface area contributed by atoms with Crippen molar-refractivity contribution in [1.29, 1.82) is 0 Å². The van der Waals surface area contributed by atoms with Gasteiger partial charge in [0.05, 0.1) is 24.3 Å². The first-order valence-corrected chi connectivity index (χ1v) is 14.9. The lowest BCUT2D eigenvalue weighted by Gasteiger charge is -2.46. The van der Waals surface area contributed by atoms with Crippen LogP contribution in [-0.4, -0.2) is 100 Å². The van der Waals surface area contributed by atoms with E-state index in [1.807, 2.05) is 43.5 Å². The molecule has 7 heterocycles. The van der Waals surface area contributed by atoms with Crippen LogP contribution in [0.3, 0.4) is 0 Å². The van der Waals surface area contributed by atoms with E-state index < -0.39 is 0 Å². The summed E-state index contributed by atoms with van der Waals surface area (Å²) in [5, 5.41) is 12.1. The molecule has 0 aromatic carbocycles. The first kappa shape index (κ1) is 27.7. The summed E-state index contributed by atoms with van der Waals surface area (Å²) in [7, 11) is 2.13. The summed E-state index contributed by atoms with van der Waals surface area (Å²) in [5.74, 6) is 3.87. The maximum atomic E-state index is 12.5. The summed E-state index contributed by atoms with van der Waals surface area (Å²) in [5.41, 5.74) is 0.312. The Balaban J connectivity index is 1.22. The first-order valence-electron chi connectivity index (χ1n) is 14.9. The number of pyridine rings is 1. The van der Waals surface area contributed by atoms with Gasteiger partial charge in [-0.15, -0.1) is 10.2 Å². The molecule has 0 spiro atoms. The lowest BCUT2D eigenvalue weighted by Crippen LogP contribution is -2.54. The number of nitrogens with one attached hydrogen (secondary N) is 1. The molecule has 3 fully saturated rings. The summed E-state index contributed by atoms with van der Waals surface area (Å²) < 4.78 is 11.6. The zero-order chi connectivity index (χ0) is 29.9. The van der Waals surface area contributed by atoms with Crippen LogP contribution < -0.4 is 20.0 Å². The summed E-state index contributed by atoms with van der Waals surface area (Å²) in [4.78, 5) is 35.5. The molecule has 0 saturated carbocycles. The van der Waals surface area contributed by atoms with Crippen molar-refractivity contribution in [3.63, 3.8) is 0 Å². The lowest BCUT2D eigenvalue weighted by molar-refractivity contribution is -0.0893. The van der Waals surface area contributed by atoms with Crippen LogP contribution in [0.2, 0.25) is 0 Å². The number of rotatable bonds is 5. The van der Waals surface area contributed by atoms with E-state index >= 15 is 0 Å². The number of aromatic nitrogens is 5. The minimum atomic E-state index is -0.385. The van der Waals surface area contributed by atoms with Gasteiger partial charge in [0.15, 0.2) is 11.6 Å². The topological polar surface area (TPSA) is 125 Å². The van der Waals surface area contributed by atoms with Crippen molar-refractivity contribution in [2.45, 2.75) is 57.2 Å². The van der Waals surface area contributed by atoms with E-state index in [1.54, 1.807) is 4.90 Å². The molecule has 3 atom stereocenters. The van der Waals surface area contributed by atoms with E-state index in [1.165, 1.54) is 0 Å². The van der Waals surface area contributed by atoms with E-state index in [-0.39, 0.29) is 29.2 Å². The number of piperazine rings is 1. The number of anilines is 6. The van der Waals surface area contributed by atoms with Gasteiger partial charge in [0.1, 0.15) is 24.1 Å². The minimum absolute atomic E-state index is 0.0177. The fraction of sp³-hybridized carbons (Fsp3) is 0.533. The summed E-state index contributed by atoms with van der Waals surface area (Å²) in [6, 6.07) is 9.54. The summed E-state index contributed by atoms with van der Waals surface area (Å²) in [6.07, 6.45) is 2.26. The van der Waals surface area contributed by atoms with E-state index in [2.05, 4.69) is 63.0 Å². The summed E-state index contributed by atoms with van der Waals surface area (Å²) >= 11 is 0. The van der Waals surface area contributed by atoms with Gasteiger partial charge in [-0.3, -0.25) is 4.90 Å². The molecule has 4 aliphatic rings. The molecule has 0 radical (unpaired) electrons. The molecular formula is C30H38N10O3. The number of carbonyl (C=O) groups is 1. The Morgan fingerprint density at radius 2 is 1.72 bits per heavy atom. The van der Waals surface area contributed by atoms with Crippen LogP contribution in [0.5, 0.6) is 0 Å². The number of hydrogen-bond acceptors (Lipinski definition) is 12. The van der Waals surface area contributed by atoms with Crippen molar-refractivity contribution in [3.05, 3.63) is 42.1 Å². The lowest BCUT2D eigenvalue weighted by atomic mass is 9.73. The maximum Gasteiger partial charge on any atom is 0.415 e. The molecule has 0 unspecified atom stereocenters. The first-order chi connectivity index (χ1) is 20.6. The molecule has 1 amide bonds. The fourth-order valence-corrected chi connectivity index (χ4v) is 6.49. The van der Waals surface area contributed by atoms with Gasteiger partial charge in [-0.2, -0.15) is 4.98 Å². The number of nitrogens with zero attached hydrogens (tertiary/aromatic N) is 9. The zero-order valence-corrected chi connectivity index (χ0v) is 25.3. The highest BCUT2D eigenvalue weighted by atomic mass is 16.6. The minimum Gasteiger partial charge on any atom is -0.447 e. The van der Waals surface area contributed by atoms with E-state index in [0.29, 0.717) is 36.6 Å². The Bertz CT molecular complexity index is 1530. The second kappa shape index (κ2) is 10.3. The van der Waals surface area contributed by atoms with Gasteiger partial charge in [0.2, 0.25) is 5.95 Å². The van der Waals surface area contributed by atoms with Crippen LogP contribution in [-0.2, 0) is 14.9 Å². The third-order valence-corrected chi connectivity index (χ3v) is 9.12. The fourth-order valence-electron chi connectivity index (χ4n) is 6.49. The Labute approximate surface area is 251 Å². The Kier molecular flexibility index (Phi) is 6.62. The monoisotopic (exact) mass is 586 g/mol. The third-order valence-electron chi connectivity index (χ3n) is 9.12. The van der Waals surface area contributed by atoms with Gasteiger partial charge < -0.3 is 29.5 Å². The van der Waals surface area contributed by atoms with Crippen LogP contribution in [0, 0.1) is 0 Å². The van der Waals surface area contributed by atoms with Crippen LogP contribution in [0.1, 0.15) is 39.7 Å². The average Bonchev–Trinajstić information content (AvgIpc) is 3.45. The molecule has 7 rings (SSSR count). The number of fused-ring (bicyclic) bond motifs is 3. The van der Waals surface area contributed by atoms with Crippen LogP contribution in [0.4, 0.5) is 39.8 Å². The largest absolute Gasteiger partial charge is 0.447 e. The van der Waals surface area contributed by atoms with E-state index in [4.69, 9.17) is 19.4 Å². The Morgan fingerprint density at radius 3 is 2.42 bits per heavy atom. The quantitative estimate of drug-likeness (QED) is 0.471. The zero-order valence-electron chi connectivity index (χ0n) is 25.3. The second-order valence-electron chi connectivity index (χ2n) is 12.8. The average molecular weight is 587 g/mol.